The van der Waals surface area contributed by atoms with Gasteiger partial charge in [-0.25, -0.2) is 13.1 Å². The molecule has 0 unspecified atom stereocenters. The smallest absolute Gasteiger partial charge is 0.255 e. The molecule has 1 aromatic heterocycles. The number of sulfonamides is 1. The molecular weight excluding hydrogens is 386 g/mol. The zero-order valence-corrected chi connectivity index (χ0v) is 16.2. The molecule has 0 spiro atoms. The quantitative estimate of drug-likeness (QED) is 0.454. The van der Waals surface area contributed by atoms with Crippen LogP contribution in [-0.2, 0) is 16.6 Å². The summed E-state index contributed by atoms with van der Waals surface area (Å²) in [6, 6.07) is 22.6. The number of carbonyl (C=O) groups excluding carboxylic acids is 1. The highest BCUT2D eigenvalue weighted by molar-refractivity contribution is 7.89. The standard InChI is InChI=1S/C22H19N3O3S/c26-22(25-19-11-10-17-12-13-23-21(17)14-19)18-8-6-16(7-9-18)15-24-29(27,28)20-4-2-1-3-5-20/h1-14,23-24H,15H2,(H,25,26). The molecule has 0 aliphatic rings. The number of hydrogen-bond donors (Lipinski definition) is 3. The van der Waals surface area contributed by atoms with E-state index in [-0.39, 0.29) is 17.3 Å². The van der Waals surface area contributed by atoms with Gasteiger partial charge in [0.25, 0.3) is 5.91 Å². The SMILES string of the molecule is O=C(Nc1ccc2cc[nH]c2c1)c1ccc(CNS(=O)(=O)c2ccccc2)cc1. The molecule has 1 amide bonds. The number of anilines is 1. The fourth-order valence-corrected chi connectivity index (χ4v) is 4.00. The third-order valence-corrected chi connectivity index (χ3v) is 5.97. The minimum Gasteiger partial charge on any atom is -0.361 e. The monoisotopic (exact) mass is 405 g/mol. The summed E-state index contributed by atoms with van der Waals surface area (Å²) in [7, 11) is -3.57. The Kier molecular flexibility index (Phi) is 5.16. The van der Waals surface area contributed by atoms with Crippen molar-refractivity contribution in [3.8, 4) is 0 Å². The Morgan fingerprint density at radius 1 is 0.897 bits per heavy atom. The van der Waals surface area contributed by atoms with Gasteiger partial charge >= 0.3 is 0 Å². The molecule has 4 aromatic rings. The highest BCUT2D eigenvalue weighted by Crippen LogP contribution is 2.18. The number of fused-ring (bicyclic) bond motifs is 1. The maximum Gasteiger partial charge on any atom is 0.255 e. The fraction of sp³-hybridized carbons (Fsp3) is 0.0455. The Hall–Kier alpha value is -3.42. The van der Waals surface area contributed by atoms with Crippen molar-refractivity contribution in [2.75, 3.05) is 5.32 Å². The average molecular weight is 405 g/mol. The number of carbonyl (C=O) groups is 1. The summed E-state index contributed by atoms with van der Waals surface area (Å²) in [5.74, 6) is -0.229. The van der Waals surface area contributed by atoms with Gasteiger partial charge in [0.2, 0.25) is 10.0 Å². The van der Waals surface area contributed by atoms with E-state index in [0.717, 1.165) is 16.5 Å². The topological polar surface area (TPSA) is 91.1 Å². The van der Waals surface area contributed by atoms with Gasteiger partial charge in [0.05, 0.1) is 4.90 Å². The van der Waals surface area contributed by atoms with E-state index in [1.165, 1.54) is 0 Å². The lowest BCUT2D eigenvalue weighted by molar-refractivity contribution is 0.102. The molecular formula is C22H19N3O3S. The predicted molar refractivity (Wildman–Crippen MR) is 113 cm³/mol. The van der Waals surface area contributed by atoms with Crippen LogP contribution in [0.3, 0.4) is 0 Å². The molecule has 146 valence electrons. The second kappa shape index (κ2) is 7.90. The number of hydrogen-bond acceptors (Lipinski definition) is 3. The van der Waals surface area contributed by atoms with Crippen LogP contribution in [0.15, 0.2) is 90.0 Å². The molecule has 29 heavy (non-hydrogen) atoms. The molecule has 0 saturated heterocycles. The molecule has 0 bridgehead atoms. The number of H-pyrrole nitrogens is 1. The van der Waals surface area contributed by atoms with Crippen LogP contribution in [0.2, 0.25) is 0 Å². The molecule has 0 aliphatic heterocycles. The lowest BCUT2D eigenvalue weighted by atomic mass is 10.1. The van der Waals surface area contributed by atoms with Crippen molar-refractivity contribution in [3.63, 3.8) is 0 Å². The van der Waals surface area contributed by atoms with Crippen LogP contribution in [0.1, 0.15) is 15.9 Å². The van der Waals surface area contributed by atoms with Crippen molar-refractivity contribution in [1.29, 1.82) is 0 Å². The minimum absolute atomic E-state index is 0.141. The minimum atomic E-state index is -3.57. The summed E-state index contributed by atoms with van der Waals surface area (Å²) in [4.78, 5) is 15.8. The summed E-state index contributed by atoms with van der Waals surface area (Å²) >= 11 is 0. The maximum absolute atomic E-state index is 12.5. The van der Waals surface area contributed by atoms with Crippen LogP contribution in [0.4, 0.5) is 5.69 Å². The van der Waals surface area contributed by atoms with Gasteiger partial charge < -0.3 is 10.3 Å². The van der Waals surface area contributed by atoms with E-state index in [0.29, 0.717) is 11.3 Å². The maximum atomic E-state index is 12.5. The van der Waals surface area contributed by atoms with Crippen molar-refractivity contribution in [2.24, 2.45) is 0 Å². The summed E-state index contributed by atoms with van der Waals surface area (Å²) in [6.07, 6.45) is 1.85. The molecule has 1 heterocycles. The zero-order valence-electron chi connectivity index (χ0n) is 15.4. The highest BCUT2D eigenvalue weighted by Gasteiger charge is 2.13. The Balaban J connectivity index is 1.40. The van der Waals surface area contributed by atoms with Crippen LogP contribution in [0.25, 0.3) is 10.9 Å². The third-order valence-electron chi connectivity index (χ3n) is 4.55. The summed E-state index contributed by atoms with van der Waals surface area (Å²) in [5, 5.41) is 3.94. The Labute approximate surface area is 168 Å². The normalized spacial score (nSPS) is 11.4. The summed E-state index contributed by atoms with van der Waals surface area (Å²) < 4.78 is 27.1. The predicted octanol–water partition coefficient (Wildman–Crippen LogP) is 3.90. The van der Waals surface area contributed by atoms with Gasteiger partial charge in [0, 0.05) is 29.5 Å². The Morgan fingerprint density at radius 3 is 2.41 bits per heavy atom. The van der Waals surface area contributed by atoms with E-state index < -0.39 is 10.0 Å². The van der Waals surface area contributed by atoms with Crippen LogP contribution in [0.5, 0.6) is 0 Å². The highest BCUT2D eigenvalue weighted by atomic mass is 32.2. The summed E-state index contributed by atoms with van der Waals surface area (Å²) in [6.45, 7) is 0.141. The number of aromatic nitrogens is 1. The van der Waals surface area contributed by atoms with Crippen LogP contribution in [0, 0.1) is 0 Å². The molecule has 0 fully saturated rings. The van der Waals surface area contributed by atoms with Crippen molar-refractivity contribution >= 4 is 32.5 Å². The van der Waals surface area contributed by atoms with Gasteiger partial charge in [-0.3, -0.25) is 4.79 Å². The van der Waals surface area contributed by atoms with Crippen molar-refractivity contribution < 1.29 is 13.2 Å². The first-order valence-corrected chi connectivity index (χ1v) is 10.5. The van der Waals surface area contributed by atoms with Crippen molar-refractivity contribution in [2.45, 2.75) is 11.4 Å². The van der Waals surface area contributed by atoms with Crippen LogP contribution in [-0.4, -0.2) is 19.3 Å². The van der Waals surface area contributed by atoms with Crippen LogP contribution >= 0.6 is 0 Å². The Morgan fingerprint density at radius 2 is 1.66 bits per heavy atom. The third kappa shape index (κ3) is 4.37. The van der Waals surface area contributed by atoms with Gasteiger partial charge in [-0.2, -0.15) is 0 Å². The molecule has 4 rings (SSSR count). The van der Waals surface area contributed by atoms with Gasteiger partial charge in [-0.1, -0.05) is 36.4 Å². The number of benzene rings is 3. The second-order valence-corrected chi connectivity index (χ2v) is 8.34. The lowest BCUT2D eigenvalue weighted by Gasteiger charge is -2.08. The van der Waals surface area contributed by atoms with E-state index in [2.05, 4.69) is 15.0 Å². The largest absolute Gasteiger partial charge is 0.361 e. The zero-order chi connectivity index (χ0) is 20.3. The number of amides is 1. The molecule has 3 N–H and O–H groups in total. The Bertz CT molecular complexity index is 1250. The van der Waals surface area contributed by atoms with Crippen molar-refractivity contribution in [1.82, 2.24) is 9.71 Å². The number of nitrogens with one attached hydrogen (secondary N) is 3. The molecule has 0 atom stereocenters. The molecule has 0 saturated carbocycles. The molecule has 6 nitrogen and oxygen atoms in total. The van der Waals surface area contributed by atoms with E-state index in [9.17, 15) is 13.2 Å². The molecule has 7 heteroatoms. The molecule has 3 aromatic carbocycles. The van der Waals surface area contributed by atoms with Gasteiger partial charge in [0.1, 0.15) is 0 Å². The van der Waals surface area contributed by atoms with E-state index >= 15 is 0 Å². The first kappa shape index (κ1) is 18.9. The summed E-state index contributed by atoms with van der Waals surface area (Å²) in [5.41, 5.74) is 2.90. The second-order valence-electron chi connectivity index (χ2n) is 6.57. The molecule has 0 aliphatic carbocycles. The van der Waals surface area contributed by atoms with E-state index in [1.54, 1.807) is 54.6 Å². The van der Waals surface area contributed by atoms with Crippen LogP contribution < -0.4 is 10.0 Å². The first-order valence-electron chi connectivity index (χ1n) is 9.03. The number of aromatic amines is 1. The lowest BCUT2D eigenvalue weighted by Crippen LogP contribution is -2.23. The van der Waals surface area contributed by atoms with Gasteiger partial charge in [-0.15, -0.1) is 0 Å². The molecule has 0 radical (unpaired) electrons. The average Bonchev–Trinajstić information content (AvgIpc) is 3.21. The van der Waals surface area contributed by atoms with Gasteiger partial charge in [0.15, 0.2) is 0 Å². The van der Waals surface area contributed by atoms with E-state index in [4.69, 9.17) is 0 Å². The van der Waals surface area contributed by atoms with Gasteiger partial charge in [-0.05, 0) is 53.4 Å². The number of rotatable bonds is 6. The first-order chi connectivity index (χ1) is 14.0. The van der Waals surface area contributed by atoms with E-state index in [1.807, 2.05) is 30.5 Å². The fourth-order valence-electron chi connectivity index (χ4n) is 2.96. The van der Waals surface area contributed by atoms with Crippen molar-refractivity contribution in [3.05, 3.63) is 96.2 Å².